The zero-order chi connectivity index (χ0) is 17.1. The normalized spacial score (nSPS) is 16.6. The quantitative estimate of drug-likeness (QED) is 0.929. The Morgan fingerprint density at radius 2 is 2.12 bits per heavy atom. The van der Waals surface area contributed by atoms with Gasteiger partial charge < -0.3 is 9.88 Å². The van der Waals surface area contributed by atoms with Crippen molar-refractivity contribution in [1.82, 2.24) is 29.5 Å². The molecule has 0 saturated carbocycles. The summed E-state index contributed by atoms with van der Waals surface area (Å²) in [6.45, 7) is 10.3. The van der Waals surface area contributed by atoms with Gasteiger partial charge in [0, 0.05) is 50.3 Å². The molecule has 0 radical (unpaired) electrons. The van der Waals surface area contributed by atoms with Gasteiger partial charge in [0.2, 0.25) is 0 Å². The van der Waals surface area contributed by atoms with E-state index in [-0.39, 0.29) is 11.9 Å². The molecule has 1 aliphatic heterocycles. The Kier molecular flexibility index (Phi) is 4.99. The number of aryl methyl sites for hydroxylation is 1. The molecule has 2 aromatic rings. The summed E-state index contributed by atoms with van der Waals surface area (Å²) >= 11 is 0. The zero-order valence-corrected chi connectivity index (χ0v) is 14.7. The molecule has 1 saturated heterocycles. The van der Waals surface area contributed by atoms with Crippen LogP contribution in [0.25, 0.3) is 0 Å². The molecule has 0 bridgehead atoms. The van der Waals surface area contributed by atoms with Gasteiger partial charge in [-0.05, 0) is 33.3 Å². The summed E-state index contributed by atoms with van der Waals surface area (Å²) in [7, 11) is 0. The lowest BCUT2D eigenvalue weighted by atomic mass is 10.3. The largest absolute Gasteiger partial charge is 0.345 e. The number of rotatable bonds is 4. The molecule has 0 aliphatic carbocycles. The predicted octanol–water partition coefficient (Wildman–Crippen LogP) is 1.84. The number of imidazole rings is 1. The number of carbonyl (C=O) groups is 1. The number of nitrogens with one attached hydrogen (secondary N) is 1. The molecule has 1 N–H and O–H groups in total. The number of amides is 1. The first kappa shape index (κ1) is 16.7. The van der Waals surface area contributed by atoms with Crippen molar-refractivity contribution >= 4 is 5.91 Å². The Morgan fingerprint density at radius 1 is 1.29 bits per heavy atom. The molecule has 0 aromatic carbocycles. The van der Waals surface area contributed by atoms with Gasteiger partial charge in [-0.2, -0.15) is 5.10 Å². The van der Waals surface area contributed by atoms with Gasteiger partial charge in [0.05, 0.1) is 6.54 Å². The van der Waals surface area contributed by atoms with Crippen LogP contribution >= 0.6 is 0 Å². The van der Waals surface area contributed by atoms with Crippen LogP contribution in [0.5, 0.6) is 0 Å². The third-order valence-corrected chi connectivity index (χ3v) is 4.36. The number of hydrogen-bond donors (Lipinski definition) is 1. The van der Waals surface area contributed by atoms with Gasteiger partial charge >= 0.3 is 0 Å². The molecule has 0 spiro atoms. The Balaban J connectivity index is 1.59. The molecular weight excluding hydrogens is 304 g/mol. The van der Waals surface area contributed by atoms with Crippen molar-refractivity contribution in [3.05, 3.63) is 35.7 Å². The molecule has 0 unspecified atom stereocenters. The van der Waals surface area contributed by atoms with Gasteiger partial charge in [-0.25, -0.2) is 4.98 Å². The number of nitrogens with zero attached hydrogens (tertiary/aromatic N) is 5. The summed E-state index contributed by atoms with van der Waals surface area (Å²) in [6, 6.07) is 2.08. The van der Waals surface area contributed by atoms with E-state index in [2.05, 4.69) is 33.8 Å². The first-order chi connectivity index (χ1) is 11.5. The van der Waals surface area contributed by atoms with Crippen LogP contribution in [0.3, 0.4) is 0 Å². The van der Waals surface area contributed by atoms with Crippen molar-refractivity contribution in [2.75, 3.05) is 26.2 Å². The van der Waals surface area contributed by atoms with E-state index in [0.29, 0.717) is 5.69 Å². The minimum Gasteiger partial charge on any atom is -0.345 e. The van der Waals surface area contributed by atoms with E-state index < -0.39 is 0 Å². The molecule has 3 rings (SSSR count). The van der Waals surface area contributed by atoms with Gasteiger partial charge in [0.1, 0.15) is 11.5 Å². The Hall–Kier alpha value is -2.15. The van der Waals surface area contributed by atoms with E-state index in [1.165, 1.54) is 0 Å². The smallest absolute Gasteiger partial charge is 0.274 e. The van der Waals surface area contributed by atoms with Crippen molar-refractivity contribution in [3.8, 4) is 0 Å². The predicted molar refractivity (Wildman–Crippen MR) is 91.7 cm³/mol. The summed E-state index contributed by atoms with van der Waals surface area (Å²) in [4.78, 5) is 24.6. The van der Waals surface area contributed by atoms with E-state index in [9.17, 15) is 4.79 Å². The highest BCUT2D eigenvalue weighted by Crippen LogP contribution is 2.11. The molecule has 1 amide bonds. The molecule has 3 heterocycles. The van der Waals surface area contributed by atoms with Gasteiger partial charge in [0.15, 0.2) is 0 Å². The average Bonchev–Trinajstić information content (AvgIpc) is 3.12. The fourth-order valence-electron chi connectivity index (χ4n) is 2.99. The fraction of sp³-hybridized carbons (Fsp3) is 0.588. The second-order valence-corrected chi connectivity index (χ2v) is 6.71. The van der Waals surface area contributed by atoms with E-state index in [0.717, 1.165) is 50.7 Å². The summed E-state index contributed by atoms with van der Waals surface area (Å²) in [5.41, 5.74) is 1.62. The fourth-order valence-corrected chi connectivity index (χ4v) is 2.99. The zero-order valence-electron chi connectivity index (χ0n) is 14.7. The lowest BCUT2D eigenvalue weighted by Gasteiger charge is -2.20. The molecule has 2 aromatic heterocycles. The van der Waals surface area contributed by atoms with Crippen LogP contribution in [0.1, 0.15) is 48.3 Å². The molecule has 7 nitrogen and oxygen atoms in total. The van der Waals surface area contributed by atoms with Gasteiger partial charge in [-0.15, -0.1) is 0 Å². The number of aromatic nitrogens is 4. The number of aromatic amines is 1. The second-order valence-electron chi connectivity index (χ2n) is 6.71. The highest BCUT2D eigenvalue weighted by Gasteiger charge is 2.22. The maximum absolute atomic E-state index is 12.7. The van der Waals surface area contributed by atoms with Crippen LogP contribution in [0.2, 0.25) is 0 Å². The highest BCUT2D eigenvalue weighted by atomic mass is 16.2. The van der Waals surface area contributed by atoms with Crippen LogP contribution in [0.4, 0.5) is 0 Å². The van der Waals surface area contributed by atoms with E-state index in [1.807, 2.05) is 35.0 Å². The van der Waals surface area contributed by atoms with Crippen molar-refractivity contribution in [2.24, 2.45) is 0 Å². The van der Waals surface area contributed by atoms with Crippen LogP contribution in [-0.4, -0.2) is 61.6 Å². The Labute approximate surface area is 142 Å². The number of carbonyl (C=O) groups excluding carboxylic acids is 1. The van der Waals surface area contributed by atoms with Gasteiger partial charge in [-0.1, -0.05) is 0 Å². The van der Waals surface area contributed by atoms with Crippen LogP contribution < -0.4 is 0 Å². The molecule has 24 heavy (non-hydrogen) atoms. The average molecular weight is 330 g/mol. The highest BCUT2D eigenvalue weighted by molar-refractivity contribution is 5.92. The standard InChI is InChI=1S/C17H26N6O/c1-13(2)23-8-5-15(20-23)17(24)22-7-4-6-21(9-10-22)12-16-18-11-14(3)19-16/h5,8,11,13H,4,6-7,9-10,12H2,1-3H3,(H,18,19). The third kappa shape index (κ3) is 3.84. The molecule has 1 fully saturated rings. The van der Waals surface area contributed by atoms with E-state index in [1.54, 1.807) is 0 Å². The Bertz CT molecular complexity index is 689. The van der Waals surface area contributed by atoms with Crippen LogP contribution in [0.15, 0.2) is 18.5 Å². The molecular formula is C17H26N6O. The lowest BCUT2D eigenvalue weighted by Crippen LogP contribution is -2.35. The maximum atomic E-state index is 12.7. The minimum absolute atomic E-state index is 0.0325. The maximum Gasteiger partial charge on any atom is 0.274 e. The lowest BCUT2D eigenvalue weighted by molar-refractivity contribution is 0.0754. The molecule has 1 aliphatic rings. The summed E-state index contributed by atoms with van der Waals surface area (Å²) in [5, 5.41) is 4.40. The second kappa shape index (κ2) is 7.17. The topological polar surface area (TPSA) is 70.1 Å². The Morgan fingerprint density at radius 3 is 2.79 bits per heavy atom. The van der Waals surface area contributed by atoms with Crippen molar-refractivity contribution in [3.63, 3.8) is 0 Å². The molecule has 7 heteroatoms. The third-order valence-electron chi connectivity index (χ3n) is 4.36. The summed E-state index contributed by atoms with van der Waals surface area (Å²) < 4.78 is 1.83. The number of hydrogen-bond acceptors (Lipinski definition) is 4. The summed E-state index contributed by atoms with van der Waals surface area (Å²) in [5.74, 6) is 1.02. The van der Waals surface area contributed by atoms with Crippen LogP contribution in [0, 0.1) is 6.92 Å². The monoisotopic (exact) mass is 330 g/mol. The van der Waals surface area contributed by atoms with E-state index >= 15 is 0 Å². The number of H-pyrrole nitrogens is 1. The van der Waals surface area contributed by atoms with E-state index in [4.69, 9.17) is 0 Å². The van der Waals surface area contributed by atoms with Crippen molar-refractivity contribution < 1.29 is 4.79 Å². The SMILES string of the molecule is Cc1cnc(CN2CCCN(C(=O)c3ccn(C(C)C)n3)CC2)[nH]1. The van der Waals surface area contributed by atoms with Crippen molar-refractivity contribution in [2.45, 2.75) is 39.8 Å². The first-order valence-corrected chi connectivity index (χ1v) is 8.60. The van der Waals surface area contributed by atoms with Crippen molar-refractivity contribution in [1.29, 1.82) is 0 Å². The van der Waals surface area contributed by atoms with Gasteiger partial charge in [0.25, 0.3) is 5.91 Å². The van der Waals surface area contributed by atoms with Gasteiger partial charge in [-0.3, -0.25) is 14.4 Å². The summed E-state index contributed by atoms with van der Waals surface area (Å²) in [6.07, 6.45) is 4.70. The first-order valence-electron chi connectivity index (χ1n) is 8.60. The van der Waals surface area contributed by atoms with Crippen LogP contribution in [-0.2, 0) is 6.54 Å². The molecule has 130 valence electrons. The minimum atomic E-state index is 0.0325. The molecule has 0 atom stereocenters.